The van der Waals surface area contributed by atoms with Crippen molar-refractivity contribution >= 4 is 0 Å². The standard InChI is InChI=1S/C3H7N.C2H6/c4-3-1-2-3;1-2/h3H,1-2,4H2;1-2H3. The van der Waals surface area contributed by atoms with Crippen LogP contribution in [-0.4, -0.2) is 6.04 Å². The van der Waals surface area contributed by atoms with E-state index in [1.54, 1.807) is 0 Å². The van der Waals surface area contributed by atoms with Crippen molar-refractivity contribution in [3.05, 3.63) is 0 Å². The molecule has 1 saturated carbocycles. The molecule has 0 spiro atoms. The van der Waals surface area contributed by atoms with Crippen molar-refractivity contribution in [2.75, 3.05) is 0 Å². The Kier molecular flexibility index (Phi) is 3.14. The van der Waals surface area contributed by atoms with E-state index in [4.69, 9.17) is 5.73 Å². The molecule has 0 atom stereocenters. The van der Waals surface area contributed by atoms with Gasteiger partial charge in [-0.15, -0.1) is 0 Å². The van der Waals surface area contributed by atoms with Crippen LogP contribution in [0.4, 0.5) is 0 Å². The van der Waals surface area contributed by atoms with Crippen LogP contribution in [0.2, 0.25) is 0 Å². The summed E-state index contributed by atoms with van der Waals surface area (Å²) in [7, 11) is 0. The minimum atomic E-state index is 0.583. The van der Waals surface area contributed by atoms with Crippen LogP contribution < -0.4 is 5.73 Å². The average Bonchev–Trinajstić information content (AvgIpc) is 2.30. The van der Waals surface area contributed by atoms with Gasteiger partial charge in [-0.3, -0.25) is 0 Å². The lowest BCUT2D eigenvalue weighted by atomic mass is 10.8. The lowest BCUT2D eigenvalue weighted by Gasteiger charge is -1.58. The predicted octanol–water partition coefficient (Wildman–Crippen LogP) is 1.13. The largest absolute Gasteiger partial charge is 0.328 e. The number of hydrogen-bond acceptors (Lipinski definition) is 1. The van der Waals surface area contributed by atoms with Crippen molar-refractivity contribution < 1.29 is 0 Å². The van der Waals surface area contributed by atoms with Crippen LogP contribution in [0.15, 0.2) is 0 Å². The van der Waals surface area contributed by atoms with Crippen LogP contribution >= 0.6 is 0 Å². The second-order valence-electron chi connectivity index (χ2n) is 1.34. The van der Waals surface area contributed by atoms with E-state index in [1.807, 2.05) is 13.8 Å². The second kappa shape index (κ2) is 3.16. The van der Waals surface area contributed by atoms with Gasteiger partial charge in [0.15, 0.2) is 0 Å². The van der Waals surface area contributed by atoms with Gasteiger partial charge in [0.2, 0.25) is 0 Å². The normalized spacial score (nSPS) is 18.5. The molecule has 0 aromatic rings. The van der Waals surface area contributed by atoms with E-state index in [9.17, 15) is 0 Å². The minimum absolute atomic E-state index is 0.583. The van der Waals surface area contributed by atoms with Gasteiger partial charge in [0.1, 0.15) is 0 Å². The summed E-state index contributed by atoms with van der Waals surface area (Å²) in [6.07, 6.45) is 2.53. The number of rotatable bonds is 0. The van der Waals surface area contributed by atoms with Gasteiger partial charge in [-0.05, 0) is 12.8 Å². The van der Waals surface area contributed by atoms with E-state index in [0.717, 1.165) is 0 Å². The molecule has 0 aromatic heterocycles. The second-order valence-corrected chi connectivity index (χ2v) is 1.34. The zero-order chi connectivity index (χ0) is 4.99. The molecule has 2 N–H and O–H groups in total. The van der Waals surface area contributed by atoms with E-state index in [2.05, 4.69) is 0 Å². The van der Waals surface area contributed by atoms with Gasteiger partial charge >= 0.3 is 0 Å². The Balaban J connectivity index is 0.000000112. The molecule has 0 amide bonds. The predicted molar refractivity (Wildman–Crippen MR) is 28.6 cm³/mol. The Morgan fingerprint density at radius 3 is 1.50 bits per heavy atom. The molecule has 1 fully saturated rings. The molecule has 0 aliphatic heterocycles. The highest BCUT2D eigenvalue weighted by Gasteiger charge is 2.13. The van der Waals surface area contributed by atoms with Crippen LogP contribution in [0.1, 0.15) is 26.7 Å². The first kappa shape index (κ1) is 5.96. The Morgan fingerprint density at radius 1 is 1.33 bits per heavy atom. The summed E-state index contributed by atoms with van der Waals surface area (Å²) in [4.78, 5) is 0. The van der Waals surface area contributed by atoms with Crippen LogP contribution in [-0.2, 0) is 0 Å². The molecule has 38 valence electrons. The number of hydrogen-bond donors (Lipinski definition) is 1. The van der Waals surface area contributed by atoms with Crippen molar-refractivity contribution in [3.8, 4) is 0 Å². The summed E-state index contributed by atoms with van der Waals surface area (Å²) in [5.74, 6) is 0. The molecule has 0 heterocycles. The maximum absolute atomic E-state index is 5.22. The molecular formula is C5H13N. The molecule has 1 aliphatic carbocycles. The summed E-state index contributed by atoms with van der Waals surface area (Å²) in [5.41, 5.74) is 5.22. The molecule has 6 heavy (non-hydrogen) atoms. The highest BCUT2D eigenvalue weighted by Crippen LogP contribution is 2.13. The fraction of sp³-hybridized carbons (Fsp3) is 1.00. The first-order valence-corrected chi connectivity index (χ1v) is 2.65. The Hall–Kier alpha value is -0.0400. The molecule has 0 radical (unpaired) electrons. The van der Waals surface area contributed by atoms with Gasteiger partial charge in [-0.1, -0.05) is 13.8 Å². The topological polar surface area (TPSA) is 26.0 Å². The summed E-state index contributed by atoms with van der Waals surface area (Å²) in [5, 5.41) is 0. The monoisotopic (exact) mass is 87.1 g/mol. The van der Waals surface area contributed by atoms with Crippen LogP contribution in [0.3, 0.4) is 0 Å². The lowest BCUT2D eigenvalue weighted by molar-refractivity contribution is 1.07. The quantitative estimate of drug-likeness (QED) is 0.471. The fourth-order valence-electron chi connectivity index (χ4n) is 0.0962. The molecule has 0 saturated heterocycles. The van der Waals surface area contributed by atoms with Gasteiger partial charge in [0.05, 0.1) is 0 Å². The molecule has 1 nitrogen and oxygen atoms in total. The maximum Gasteiger partial charge on any atom is 0.00399 e. The molecule has 0 unspecified atom stereocenters. The summed E-state index contributed by atoms with van der Waals surface area (Å²) in [6, 6.07) is 0.583. The van der Waals surface area contributed by atoms with Crippen molar-refractivity contribution in [2.24, 2.45) is 5.73 Å². The van der Waals surface area contributed by atoms with Crippen molar-refractivity contribution in [2.45, 2.75) is 32.7 Å². The maximum atomic E-state index is 5.22. The Morgan fingerprint density at radius 2 is 1.50 bits per heavy atom. The van der Waals surface area contributed by atoms with E-state index < -0.39 is 0 Å². The summed E-state index contributed by atoms with van der Waals surface area (Å²) >= 11 is 0. The molecule has 0 bridgehead atoms. The van der Waals surface area contributed by atoms with Crippen LogP contribution in [0.25, 0.3) is 0 Å². The smallest absolute Gasteiger partial charge is 0.00399 e. The first-order valence-electron chi connectivity index (χ1n) is 2.65. The number of nitrogens with two attached hydrogens (primary N) is 1. The molecule has 0 aromatic carbocycles. The van der Waals surface area contributed by atoms with E-state index >= 15 is 0 Å². The SMILES string of the molecule is CC.NC1CC1. The third-order valence-corrected chi connectivity index (χ3v) is 0.622. The molecule has 1 aliphatic rings. The van der Waals surface area contributed by atoms with Crippen molar-refractivity contribution in [3.63, 3.8) is 0 Å². The van der Waals surface area contributed by atoms with E-state index in [1.165, 1.54) is 12.8 Å². The Bertz CT molecular complexity index is 23.1. The Labute approximate surface area is 39.5 Å². The van der Waals surface area contributed by atoms with Gasteiger partial charge in [0, 0.05) is 6.04 Å². The summed E-state index contributed by atoms with van der Waals surface area (Å²) < 4.78 is 0. The zero-order valence-electron chi connectivity index (χ0n) is 4.57. The third-order valence-electron chi connectivity index (χ3n) is 0.622. The fourth-order valence-corrected chi connectivity index (χ4v) is 0.0962. The lowest BCUT2D eigenvalue weighted by Crippen LogP contribution is -1.94. The highest BCUT2D eigenvalue weighted by atomic mass is 14.7. The molecule has 1 rings (SSSR count). The highest BCUT2D eigenvalue weighted by molar-refractivity contribution is 4.75. The average molecular weight is 87.2 g/mol. The van der Waals surface area contributed by atoms with E-state index in [0.29, 0.717) is 6.04 Å². The van der Waals surface area contributed by atoms with Gasteiger partial charge < -0.3 is 5.73 Å². The van der Waals surface area contributed by atoms with Crippen molar-refractivity contribution in [1.29, 1.82) is 0 Å². The summed E-state index contributed by atoms with van der Waals surface area (Å²) in [6.45, 7) is 4.00. The van der Waals surface area contributed by atoms with Gasteiger partial charge in [0.25, 0.3) is 0 Å². The zero-order valence-corrected chi connectivity index (χ0v) is 4.57. The first-order chi connectivity index (χ1) is 2.89. The van der Waals surface area contributed by atoms with Crippen LogP contribution in [0.5, 0.6) is 0 Å². The minimum Gasteiger partial charge on any atom is -0.328 e. The third kappa shape index (κ3) is 3.96. The molecule has 1 heteroatoms. The van der Waals surface area contributed by atoms with Gasteiger partial charge in [-0.2, -0.15) is 0 Å². The van der Waals surface area contributed by atoms with Crippen LogP contribution in [0, 0.1) is 0 Å². The van der Waals surface area contributed by atoms with Gasteiger partial charge in [-0.25, -0.2) is 0 Å². The molecular weight excluding hydrogens is 74.1 g/mol. The van der Waals surface area contributed by atoms with Crippen molar-refractivity contribution in [1.82, 2.24) is 0 Å². The van der Waals surface area contributed by atoms with E-state index in [-0.39, 0.29) is 0 Å².